The number of aliphatic hydroxyl groups is 1. The van der Waals surface area contributed by atoms with Crippen molar-refractivity contribution in [2.45, 2.75) is 40.2 Å². The smallest absolute Gasteiger partial charge is 0.132 e. The molecule has 0 fully saturated rings. The molecule has 0 atom stereocenters. The number of aliphatic hydroxyl groups excluding tert-OH is 1. The van der Waals surface area contributed by atoms with Gasteiger partial charge in [-0.15, -0.1) is 0 Å². The Hall–Kier alpha value is -0.830. The number of nitrogens with zero attached hydrogens (tertiary/aromatic N) is 1. The van der Waals surface area contributed by atoms with E-state index >= 15 is 0 Å². The quantitative estimate of drug-likeness (QED) is 0.744. The summed E-state index contributed by atoms with van der Waals surface area (Å²) < 4.78 is 0. The minimum absolute atomic E-state index is 0.00505. The number of hydrogen-bond donors (Lipinski definition) is 2. The van der Waals surface area contributed by atoms with Crippen LogP contribution in [0.25, 0.3) is 0 Å². The van der Waals surface area contributed by atoms with Gasteiger partial charge in [0.15, 0.2) is 0 Å². The van der Waals surface area contributed by atoms with Crippen LogP contribution >= 0.6 is 0 Å². The Morgan fingerprint density at radius 2 is 2.15 bits per heavy atom. The number of H-pyrrole nitrogens is 1. The van der Waals surface area contributed by atoms with Crippen molar-refractivity contribution in [3.63, 3.8) is 0 Å². The Labute approximate surface area is 79.2 Å². The highest BCUT2D eigenvalue weighted by atomic mass is 16.3. The van der Waals surface area contributed by atoms with Crippen LogP contribution in [0.3, 0.4) is 0 Å². The standard InChI is InChI=1S/C10H18N2O/c1-4-8-9(5-7(2)3)12-10(6-13)11-8/h7,13H,4-6H2,1-3H3,(H,11,12). The molecule has 0 amide bonds. The Balaban J connectivity index is 2.84. The molecule has 0 aliphatic rings. The maximum atomic E-state index is 8.91. The molecule has 1 heterocycles. The average Bonchev–Trinajstić information content (AvgIpc) is 2.46. The molecule has 0 aromatic carbocycles. The van der Waals surface area contributed by atoms with Crippen LogP contribution in [0.5, 0.6) is 0 Å². The van der Waals surface area contributed by atoms with E-state index in [0.29, 0.717) is 11.7 Å². The van der Waals surface area contributed by atoms with Gasteiger partial charge in [0.1, 0.15) is 12.4 Å². The zero-order valence-electron chi connectivity index (χ0n) is 8.59. The van der Waals surface area contributed by atoms with Gasteiger partial charge in [-0.05, 0) is 18.8 Å². The molecule has 0 unspecified atom stereocenters. The fraction of sp³-hybridized carbons (Fsp3) is 0.700. The van der Waals surface area contributed by atoms with Crippen molar-refractivity contribution in [2.75, 3.05) is 0 Å². The number of aryl methyl sites for hydroxylation is 1. The fourth-order valence-corrected chi connectivity index (χ4v) is 1.45. The van der Waals surface area contributed by atoms with Crippen LogP contribution in [0, 0.1) is 5.92 Å². The van der Waals surface area contributed by atoms with Gasteiger partial charge in [0.25, 0.3) is 0 Å². The van der Waals surface area contributed by atoms with Crippen molar-refractivity contribution in [3.8, 4) is 0 Å². The molecule has 0 saturated heterocycles. The first-order valence-corrected chi connectivity index (χ1v) is 4.84. The van der Waals surface area contributed by atoms with E-state index in [4.69, 9.17) is 5.11 Å². The van der Waals surface area contributed by atoms with Gasteiger partial charge >= 0.3 is 0 Å². The molecule has 1 rings (SSSR count). The van der Waals surface area contributed by atoms with Gasteiger partial charge in [-0.25, -0.2) is 4.98 Å². The maximum absolute atomic E-state index is 8.91. The van der Waals surface area contributed by atoms with Crippen LogP contribution in [0.4, 0.5) is 0 Å². The van der Waals surface area contributed by atoms with Crippen molar-refractivity contribution in [1.29, 1.82) is 0 Å². The van der Waals surface area contributed by atoms with Crippen molar-refractivity contribution >= 4 is 0 Å². The molecule has 0 radical (unpaired) electrons. The van der Waals surface area contributed by atoms with Crippen molar-refractivity contribution in [1.82, 2.24) is 9.97 Å². The minimum Gasteiger partial charge on any atom is -0.388 e. The second-order valence-corrected chi connectivity index (χ2v) is 3.72. The second kappa shape index (κ2) is 4.42. The summed E-state index contributed by atoms with van der Waals surface area (Å²) in [5.74, 6) is 1.31. The number of nitrogens with one attached hydrogen (secondary N) is 1. The normalized spacial score (nSPS) is 11.2. The molecule has 0 aliphatic carbocycles. The van der Waals surface area contributed by atoms with Crippen molar-refractivity contribution < 1.29 is 5.11 Å². The summed E-state index contributed by atoms with van der Waals surface area (Å²) in [6.45, 7) is 6.45. The maximum Gasteiger partial charge on any atom is 0.132 e. The summed E-state index contributed by atoms with van der Waals surface area (Å²) in [7, 11) is 0. The lowest BCUT2D eigenvalue weighted by molar-refractivity contribution is 0.272. The summed E-state index contributed by atoms with van der Waals surface area (Å²) in [4.78, 5) is 7.45. The molecular weight excluding hydrogens is 164 g/mol. The van der Waals surface area contributed by atoms with Gasteiger partial charge in [-0.3, -0.25) is 0 Å². The largest absolute Gasteiger partial charge is 0.388 e. The van der Waals surface area contributed by atoms with Gasteiger partial charge in [-0.2, -0.15) is 0 Å². The lowest BCUT2D eigenvalue weighted by Gasteiger charge is -2.03. The zero-order chi connectivity index (χ0) is 9.84. The van der Waals surface area contributed by atoms with Gasteiger partial charge in [0.05, 0.1) is 5.69 Å². The highest BCUT2D eigenvalue weighted by molar-refractivity contribution is 5.15. The molecule has 0 spiro atoms. The molecule has 0 saturated carbocycles. The van der Waals surface area contributed by atoms with Gasteiger partial charge in [0.2, 0.25) is 0 Å². The summed E-state index contributed by atoms with van der Waals surface area (Å²) in [6, 6.07) is 0. The first kappa shape index (κ1) is 10.3. The molecule has 1 aromatic rings. The van der Waals surface area contributed by atoms with E-state index in [1.807, 2.05) is 0 Å². The van der Waals surface area contributed by atoms with Crippen LogP contribution in [-0.4, -0.2) is 15.1 Å². The monoisotopic (exact) mass is 182 g/mol. The van der Waals surface area contributed by atoms with Crippen LogP contribution in [0.2, 0.25) is 0 Å². The van der Waals surface area contributed by atoms with E-state index in [2.05, 4.69) is 30.7 Å². The van der Waals surface area contributed by atoms with Gasteiger partial charge < -0.3 is 10.1 Å². The SMILES string of the molecule is CCc1nc(CO)[nH]c1CC(C)C. The first-order valence-electron chi connectivity index (χ1n) is 4.84. The van der Waals surface area contributed by atoms with Gasteiger partial charge in [-0.1, -0.05) is 20.8 Å². The number of imidazole rings is 1. The van der Waals surface area contributed by atoms with E-state index in [1.165, 1.54) is 5.69 Å². The molecular formula is C10H18N2O. The Kier molecular flexibility index (Phi) is 3.48. The van der Waals surface area contributed by atoms with Crippen molar-refractivity contribution in [2.24, 2.45) is 5.92 Å². The summed E-state index contributed by atoms with van der Waals surface area (Å²) in [5.41, 5.74) is 2.28. The molecule has 3 nitrogen and oxygen atoms in total. The average molecular weight is 182 g/mol. The third-order valence-corrected chi connectivity index (χ3v) is 2.01. The Morgan fingerprint density at radius 1 is 1.46 bits per heavy atom. The van der Waals surface area contributed by atoms with E-state index in [9.17, 15) is 0 Å². The third kappa shape index (κ3) is 2.56. The lowest BCUT2D eigenvalue weighted by Crippen LogP contribution is -1.98. The van der Waals surface area contributed by atoms with E-state index < -0.39 is 0 Å². The van der Waals surface area contributed by atoms with Gasteiger partial charge in [0, 0.05) is 5.69 Å². The highest BCUT2D eigenvalue weighted by Crippen LogP contribution is 2.12. The molecule has 2 N–H and O–H groups in total. The molecule has 13 heavy (non-hydrogen) atoms. The van der Waals surface area contributed by atoms with Crippen molar-refractivity contribution in [3.05, 3.63) is 17.2 Å². The van der Waals surface area contributed by atoms with E-state index in [0.717, 1.165) is 18.5 Å². The predicted molar refractivity (Wildman–Crippen MR) is 52.4 cm³/mol. The van der Waals surface area contributed by atoms with Crippen LogP contribution < -0.4 is 0 Å². The Bertz CT molecular complexity index is 266. The molecule has 0 aliphatic heterocycles. The first-order chi connectivity index (χ1) is 6.17. The topological polar surface area (TPSA) is 48.9 Å². The number of rotatable bonds is 4. The minimum atomic E-state index is 0.00505. The zero-order valence-corrected chi connectivity index (χ0v) is 8.59. The molecule has 3 heteroatoms. The number of aromatic nitrogens is 2. The Morgan fingerprint density at radius 3 is 2.62 bits per heavy atom. The van der Waals surface area contributed by atoms with E-state index in [-0.39, 0.29) is 6.61 Å². The highest BCUT2D eigenvalue weighted by Gasteiger charge is 2.08. The number of hydrogen-bond acceptors (Lipinski definition) is 2. The molecule has 74 valence electrons. The van der Waals surface area contributed by atoms with Crippen LogP contribution in [0.15, 0.2) is 0 Å². The third-order valence-electron chi connectivity index (χ3n) is 2.01. The fourth-order valence-electron chi connectivity index (χ4n) is 1.45. The lowest BCUT2D eigenvalue weighted by atomic mass is 10.1. The molecule has 0 bridgehead atoms. The van der Waals surface area contributed by atoms with Crippen LogP contribution in [-0.2, 0) is 19.4 Å². The molecule has 1 aromatic heterocycles. The van der Waals surface area contributed by atoms with Crippen LogP contribution in [0.1, 0.15) is 38.0 Å². The van der Waals surface area contributed by atoms with E-state index in [1.54, 1.807) is 0 Å². The second-order valence-electron chi connectivity index (χ2n) is 3.72. The summed E-state index contributed by atoms with van der Waals surface area (Å²) >= 11 is 0. The number of aromatic amines is 1. The predicted octanol–water partition coefficient (Wildman–Crippen LogP) is 1.66. The summed E-state index contributed by atoms with van der Waals surface area (Å²) in [6.07, 6.45) is 1.94. The summed E-state index contributed by atoms with van der Waals surface area (Å²) in [5, 5.41) is 8.91.